The maximum absolute atomic E-state index is 12.4. The van der Waals surface area contributed by atoms with Gasteiger partial charge in [0.15, 0.2) is 5.76 Å². The van der Waals surface area contributed by atoms with Crippen molar-refractivity contribution in [2.75, 3.05) is 0 Å². The first-order chi connectivity index (χ1) is 10.4. The number of hydrogen-bond donors (Lipinski definition) is 0. The van der Waals surface area contributed by atoms with Gasteiger partial charge in [0, 0.05) is 11.5 Å². The van der Waals surface area contributed by atoms with Gasteiger partial charge in [-0.15, -0.1) is 0 Å². The Bertz CT molecular complexity index is 693. The van der Waals surface area contributed by atoms with Crippen LogP contribution in [0.1, 0.15) is 62.4 Å². The van der Waals surface area contributed by atoms with E-state index in [1.165, 1.54) is 0 Å². The van der Waals surface area contributed by atoms with E-state index in [-0.39, 0.29) is 17.7 Å². The second-order valence-electron chi connectivity index (χ2n) is 6.62. The molecule has 3 rings (SSSR count). The molecule has 0 radical (unpaired) electrons. The Morgan fingerprint density at radius 3 is 2.59 bits per heavy atom. The van der Waals surface area contributed by atoms with Crippen LogP contribution in [-0.2, 0) is 4.79 Å². The molecule has 1 atom stereocenters. The Morgan fingerprint density at radius 1 is 1.23 bits per heavy atom. The summed E-state index contributed by atoms with van der Waals surface area (Å²) in [5.74, 6) is 1.68. The highest BCUT2D eigenvalue weighted by Gasteiger charge is 2.38. The first-order valence-corrected chi connectivity index (χ1v) is 7.66. The Kier molecular flexibility index (Phi) is 3.55. The third kappa shape index (κ3) is 2.32. The van der Waals surface area contributed by atoms with Gasteiger partial charge in [0.05, 0.1) is 12.0 Å². The highest BCUT2D eigenvalue weighted by molar-refractivity contribution is 6.13. The Morgan fingerprint density at radius 2 is 1.95 bits per heavy atom. The number of rotatable bonds is 2. The normalized spacial score (nSPS) is 19.7. The number of allylic oxidation sites excluding steroid dienone is 2. The molecule has 4 nitrogen and oxygen atoms in total. The summed E-state index contributed by atoms with van der Waals surface area (Å²) >= 11 is 0. The predicted molar refractivity (Wildman–Crippen MR) is 82.2 cm³/mol. The van der Waals surface area contributed by atoms with Gasteiger partial charge in [0.1, 0.15) is 11.5 Å². The molecule has 0 N–H and O–H groups in total. The highest BCUT2D eigenvalue weighted by atomic mass is 16.5. The van der Waals surface area contributed by atoms with E-state index in [2.05, 4.69) is 13.8 Å². The van der Waals surface area contributed by atoms with Gasteiger partial charge in [-0.3, -0.25) is 9.59 Å². The van der Waals surface area contributed by atoms with Gasteiger partial charge >= 0.3 is 5.97 Å². The summed E-state index contributed by atoms with van der Waals surface area (Å²) < 4.78 is 11.2. The lowest BCUT2D eigenvalue weighted by Gasteiger charge is -2.27. The van der Waals surface area contributed by atoms with E-state index in [9.17, 15) is 9.59 Å². The molecule has 0 aliphatic carbocycles. The largest absolute Gasteiger partial charge is 0.452 e. The average Bonchev–Trinajstić information content (AvgIpc) is 2.75. The number of carbonyl (C=O) groups is 2. The minimum atomic E-state index is -0.218. The second kappa shape index (κ2) is 5.27. The predicted octanol–water partition coefficient (Wildman–Crippen LogP) is 3.99. The number of esters is 1. The molecule has 1 aromatic rings. The monoisotopic (exact) mass is 300 g/mol. The maximum Gasteiger partial charge on any atom is 0.311 e. The number of carbonyl (C=O) groups excluding carboxylic acids is 2. The number of hydrogen-bond acceptors (Lipinski definition) is 4. The van der Waals surface area contributed by atoms with Crippen LogP contribution in [0.3, 0.4) is 0 Å². The van der Waals surface area contributed by atoms with Crippen molar-refractivity contribution in [2.24, 2.45) is 5.92 Å². The smallest absolute Gasteiger partial charge is 0.311 e. The van der Waals surface area contributed by atoms with Crippen molar-refractivity contribution in [2.45, 2.75) is 46.5 Å². The number of Topliss-reactive ketones (excluding diaryl/α,β-unsaturated/α-hetero) is 1. The van der Waals surface area contributed by atoms with E-state index in [0.717, 1.165) is 17.6 Å². The van der Waals surface area contributed by atoms with E-state index >= 15 is 0 Å². The summed E-state index contributed by atoms with van der Waals surface area (Å²) in [6, 6.07) is 3.41. The van der Waals surface area contributed by atoms with Crippen LogP contribution in [0.4, 0.5) is 0 Å². The van der Waals surface area contributed by atoms with Crippen LogP contribution in [0.2, 0.25) is 0 Å². The zero-order valence-electron chi connectivity index (χ0n) is 13.4. The molecule has 2 aliphatic rings. The van der Waals surface area contributed by atoms with Crippen LogP contribution in [0.5, 0.6) is 11.5 Å². The van der Waals surface area contributed by atoms with Gasteiger partial charge in [-0.25, -0.2) is 0 Å². The SMILES string of the molecule is CC(C)=C1Oc2c(ccc3c2C(CC(C)C)CC(=O)O3)C1=O. The molecule has 0 amide bonds. The van der Waals surface area contributed by atoms with Crippen molar-refractivity contribution in [3.8, 4) is 11.5 Å². The van der Waals surface area contributed by atoms with Gasteiger partial charge < -0.3 is 9.47 Å². The van der Waals surface area contributed by atoms with Gasteiger partial charge in [-0.1, -0.05) is 13.8 Å². The van der Waals surface area contributed by atoms with Gasteiger partial charge in [-0.05, 0) is 43.9 Å². The quantitative estimate of drug-likeness (QED) is 0.471. The van der Waals surface area contributed by atoms with Crippen molar-refractivity contribution in [1.29, 1.82) is 0 Å². The fourth-order valence-electron chi connectivity index (χ4n) is 3.18. The first-order valence-electron chi connectivity index (χ1n) is 7.66. The lowest BCUT2D eigenvalue weighted by Crippen LogP contribution is -2.21. The third-order valence-corrected chi connectivity index (χ3v) is 4.07. The van der Waals surface area contributed by atoms with Gasteiger partial charge in [-0.2, -0.15) is 0 Å². The zero-order valence-corrected chi connectivity index (χ0v) is 13.4. The number of ketones is 1. The molecular formula is C18H20O4. The van der Waals surface area contributed by atoms with Gasteiger partial charge in [0.2, 0.25) is 5.78 Å². The van der Waals surface area contributed by atoms with E-state index in [4.69, 9.17) is 9.47 Å². The van der Waals surface area contributed by atoms with Crippen LogP contribution >= 0.6 is 0 Å². The number of ether oxygens (including phenoxy) is 2. The lowest BCUT2D eigenvalue weighted by molar-refractivity contribution is -0.136. The summed E-state index contributed by atoms with van der Waals surface area (Å²) in [5.41, 5.74) is 2.29. The molecule has 1 aromatic carbocycles. The Labute approximate surface area is 130 Å². The average molecular weight is 300 g/mol. The van der Waals surface area contributed by atoms with Crippen LogP contribution < -0.4 is 9.47 Å². The molecule has 0 saturated carbocycles. The molecule has 0 fully saturated rings. The summed E-state index contributed by atoms with van der Waals surface area (Å²) in [4.78, 5) is 24.2. The molecular weight excluding hydrogens is 280 g/mol. The molecule has 1 unspecified atom stereocenters. The van der Waals surface area contributed by atoms with E-state index < -0.39 is 0 Å². The van der Waals surface area contributed by atoms with Crippen LogP contribution in [0.15, 0.2) is 23.5 Å². The molecule has 4 heteroatoms. The Balaban J connectivity index is 2.14. The third-order valence-electron chi connectivity index (χ3n) is 4.07. The van der Waals surface area contributed by atoms with Crippen molar-refractivity contribution in [1.82, 2.24) is 0 Å². The molecule has 2 heterocycles. The maximum atomic E-state index is 12.4. The number of benzene rings is 1. The summed E-state index contributed by atoms with van der Waals surface area (Å²) in [7, 11) is 0. The lowest BCUT2D eigenvalue weighted by atomic mass is 9.84. The van der Waals surface area contributed by atoms with Crippen molar-refractivity contribution in [3.05, 3.63) is 34.6 Å². The molecule has 0 aromatic heterocycles. The van der Waals surface area contributed by atoms with E-state index in [0.29, 0.717) is 35.2 Å². The van der Waals surface area contributed by atoms with Crippen molar-refractivity contribution >= 4 is 11.8 Å². The zero-order chi connectivity index (χ0) is 16.0. The first kappa shape index (κ1) is 14.8. The van der Waals surface area contributed by atoms with Crippen LogP contribution in [0.25, 0.3) is 0 Å². The molecule has 0 spiro atoms. The van der Waals surface area contributed by atoms with Crippen LogP contribution in [0, 0.1) is 5.92 Å². The van der Waals surface area contributed by atoms with Gasteiger partial charge in [0.25, 0.3) is 0 Å². The number of fused-ring (bicyclic) bond motifs is 3. The van der Waals surface area contributed by atoms with Crippen molar-refractivity contribution < 1.29 is 19.1 Å². The highest BCUT2D eigenvalue weighted by Crippen LogP contribution is 2.48. The minimum Gasteiger partial charge on any atom is -0.452 e. The fourth-order valence-corrected chi connectivity index (χ4v) is 3.18. The van der Waals surface area contributed by atoms with Crippen molar-refractivity contribution in [3.63, 3.8) is 0 Å². The summed E-state index contributed by atoms with van der Waals surface area (Å²) in [6.45, 7) is 7.96. The molecule has 2 aliphatic heterocycles. The summed E-state index contributed by atoms with van der Waals surface area (Å²) in [6.07, 6.45) is 1.20. The summed E-state index contributed by atoms with van der Waals surface area (Å²) in [5, 5.41) is 0. The molecule has 0 bridgehead atoms. The molecule has 116 valence electrons. The van der Waals surface area contributed by atoms with E-state index in [1.807, 2.05) is 13.8 Å². The Hall–Kier alpha value is -2.10. The molecule has 22 heavy (non-hydrogen) atoms. The topological polar surface area (TPSA) is 52.6 Å². The van der Waals surface area contributed by atoms with E-state index in [1.54, 1.807) is 12.1 Å². The molecule has 0 saturated heterocycles. The fraction of sp³-hybridized carbons (Fsp3) is 0.444. The minimum absolute atomic E-state index is 0.0375. The van der Waals surface area contributed by atoms with Crippen LogP contribution in [-0.4, -0.2) is 11.8 Å². The second-order valence-corrected chi connectivity index (χ2v) is 6.62. The standard InChI is InChI=1S/C18H20O4/c1-9(2)7-11-8-14(19)21-13-6-5-12-16(20)17(10(3)4)22-18(12)15(11)13/h5-6,9,11H,7-8H2,1-4H3.